The largest absolute Gasteiger partial charge is 0.469 e. The quantitative estimate of drug-likeness (QED) is 0.686. The first-order valence-electron chi connectivity index (χ1n) is 5.56. The highest BCUT2D eigenvalue weighted by Gasteiger charge is 2.63. The lowest BCUT2D eigenvalue weighted by atomic mass is 10.1. The van der Waals surface area contributed by atoms with Crippen molar-refractivity contribution >= 4 is 11.9 Å². The van der Waals surface area contributed by atoms with Crippen molar-refractivity contribution in [2.45, 2.75) is 27.7 Å². The van der Waals surface area contributed by atoms with Crippen LogP contribution in [0.3, 0.4) is 0 Å². The summed E-state index contributed by atoms with van der Waals surface area (Å²) in [5.74, 6) is -0.611. The smallest absolute Gasteiger partial charge is 0.309 e. The first-order valence-corrected chi connectivity index (χ1v) is 5.56. The summed E-state index contributed by atoms with van der Waals surface area (Å²) in [4.78, 5) is 22.7. The Morgan fingerprint density at radius 1 is 1.31 bits per heavy atom. The van der Waals surface area contributed by atoms with Gasteiger partial charge in [-0.3, -0.25) is 9.59 Å². The minimum atomic E-state index is -0.216. The van der Waals surface area contributed by atoms with Crippen LogP contribution in [-0.4, -0.2) is 25.7 Å². The Morgan fingerprint density at radius 3 is 2.31 bits per heavy atom. The van der Waals surface area contributed by atoms with Crippen molar-refractivity contribution in [2.24, 2.45) is 23.2 Å². The third kappa shape index (κ3) is 2.36. The van der Waals surface area contributed by atoms with Gasteiger partial charge in [-0.05, 0) is 5.41 Å². The second-order valence-electron chi connectivity index (χ2n) is 5.21. The number of rotatable bonds is 4. The molecular formula is C12H20O4. The van der Waals surface area contributed by atoms with Gasteiger partial charge in [-0.2, -0.15) is 0 Å². The fourth-order valence-electron chi connectivity index (χ4n) is 1.99. The van der Waals surface area contributed by atoms with Crippen LogP contribution in [-0.2, 0) is 19.1 Å². The fraction of sp³-hybridized carbons (Fsp3) is 0.833. The maximum Gasteiger partial charge on any atom is 0.309 e. The van der Waals surface area contributed by atoms with Crippen molar-refractivity contribution in [1.29, 1.82) is 0 Å². The van der Waals surface area contributed by atoms with Crippen LogP contribution < -0.4 is 0 Å². The molecule has 0 aliphatic heterocycles. The van der Waals surface area contributed by atoms with Crippen LogP contribution in [0.25, 0.3) is 0 Å². The normalized spacial score (nSPS) is 26.4. The van der Waals surface area contributed by atoms with Gasteiger partial charge in [-0.25, -0.2) is 0 Å². The van der Waals surface area contributed by atoms with Gasteiger partial charge in [0.25, 0.3) is 0 Å². The van der Waals surface area contributed by atoms with Crippen molar-refractivity contribution in [3.8, 4) is 0 Å². The Hall–Kier alpha value is -1.06. The van der Waals surface area contributed by atoms with E-state index in [0.29, 0.717) is 6.61 Å². The van der Waals surface area contributed by atoms with Crippen molar-refractivity contribution in [3.05, 3.63) is 0 Å². The number of carbonyl (C=O) groups excluding carboxylic acids is 2. The predicted molar refractivity (Wildman–Crippen MR) is 58.6 cm³/mol. The summed E-state index contributed by atoms with van der Waals surface area (Å²) in [5.41, 5.74) is -0.121. The molecule has 0 amide bonds. The number of hydrogen-bond acceptors (Lipinski definition) is 4. The summed E-state index contributed by atoms with van der Waals surface area (Å²) in [5, 5.41) is 0. The van der Waals surface area contributed by atoms with Crippen LogP contribution in [0.2, 0.25) is 0 Å². The molecule has 2 atom stereocenters. The van der Waals surface area contributed by atoms with Gasteiger partial charge in [0.05, 0.1) is 25.6 Å². The summed E-state index contributed by atoms with van der Waals surface area (Å²) in [6.45, 7) is 7.87. The topological polar surface area (TPSA) is 52.6 Å². The Bertz CT molecular complexity index is 293. The van der Waals surface area contributed by atoms with Crippen LogP contribution in [0, 0.1) is 23.2 Å². The van der Waals surface area contributed by atoms with E-state index in [1.165, 1.54) is 7.11 Å². The zero-order valence-corrected chi connectivity index (χ0v) is 10.6. The maximum absolute atomic E-state index is 11.4. The number of esters is 2. The first-order chi connectivity index (χ1) is 7.32. The molecule has 0 aromatic rings. The van der Waals surface area contributed by atoms with E-state index in [2.05, 4.69) is 0 Å². The number of hydrogen-bond donors (Lipinski definition) is 0. The van der Waals surface area contributed by atoms with Gasteiger partial charge in [-0.1, -0.05) is 27.7 Å². The van der Waals surface area contributed by atoms with Gasteiger partial charge >= 0.3 is 11.9 Å². The van der Waals surface area contributed by atoms with Crippen molar-refractivity contribution < 1.29 is 19.1 Å². The van der Waals surface area contributed by atoms with Gasteiger partial charge in [0.15, 0.2) is 0 Å². The van der Waals surface area contributed by atoms with Crippen molar-refractivity contribution in [2.75, 3.05) is 13.7 Å². The Balaban J connectivity index is 2.46. The molecule has 0 saturated heterocycles. The van der Waals surface area contributed by atoms with Crippen LogP contribution in [0.5, 0.6) is 0 Å². The standard InChI is InChI=1S/C12H20O4/c1-7(2)10(13)16-6-8-9(11(14)15-5)12(8,3)4/h7-9H,6H2,1-5H3. The lowest BCUT2D eigenvalue weighted by Crippen LogP contribution is -2.15. The maximum atomic E-state index is 11.4. The van der Waals surface area contributed by atoms with Crippen molar-refractivity contribution in [3.63, 3.8) is 0 Å². The average Bonchev–Trinajstić information content (AvgIpc) is 2.75. The van der Waals surface area contributed by atoms with E-state index in [4.69, 9.17) is 9.47 Å². The van der Waals surface area contributed by atoms with Gasteiger partial charge < -0.3 is 9.47 Å². The molecule has 0 spiro atoms. The monoisotopic (exact) mass is 228 g/mol. The average molecular weight is 228 g/mol. The summed E-state index contributed by atoms with van der Waals surface area (Å²) < 4.78 is 9.86. The molecule has 1 fully saturated rings. The molecule has 16 heavy (non-hydrogen) atoms. The minimum absolute atomic E-state index is 0.0858. The van der Waals surface area contributed by atoms with Crippen LogP contribution in [0.4, 0.5) is 0 Å². The van der Waals surface area contributed by atoms with Gasteiger partial charge in [0, 0.05) is 5.92 Å². The molecule has 2 unspecified atom stereocenters. The Kier molecular flexibility index (Phi) is 3.61. The van der Waals surface area contributed by atoms with E-state index in [9.17, 15) is 9.59 Å². The number of ether oxygens (including phenoxy) is 2. The predicted octanol–water partition coefficient (Wildman–Crippen LogP) is 1.63. The molecule has 0 N–H and O–H groups in total. The highest BCUT2D eigenvalue weighted by atomic mass is 16.5. The van der Waals surface area contributed by atoms with E-state index in [1.807, 2.05) is 13.8 Å². The van der Waals surface area contributed by atoms with E-state index >= 15 is 0 Å². The summed E-state index contributed by atoms with van der Waals surface area (Å²) in [7, 11) is 1.38. The second kappa shape index (κ2) is 4.44. The lowest BCUT2D eigenvalue weighted by Gasteiger charge is -2.07. The molecule has 0 radical (unpaired) electrons. The molecule has 0 aromatic carbocycles. The first kappa shape index (κ1) is 13.0. The van der Waals surface area contributed by atoms with Crippen LogP contribution in [0.1, 0.15) is 27.7 Å². The second-order valence-corrected chi connectivity index (χ2v) is 5.21. The van der Waals surface area contributed by atoms with E-state index in [0.717, 1.165) is 0 Å². The molecule has 0 aromatic heterocycles. The Labute approximate surface area is 96.3 Å². The summed E-state index contributed by atoms with van der Waals surface area (Å²) in [6.07, 6.45) is 0. The van der Waals surface area contributed by atoms with E-state index in [1.54, 1.807) is 13.8 Å². The highest BCUT2D eigenvalue weighted by Crippen LogP contribution is 2.58. The highest BCUT2D eigenvalue weighted by molar-refractivity contribution is 5.77. The molecular weight excluding hydrogens is 208 g/mol. The molecule has 4 heteroatoms. The van der Waals surface area contributed by atoms with E-state index in [-0.39, 0.29) is 35.1 Å². The summed E-state index contributed by atoms with van der Waals surface area (Å²) >= 11 is 0. The van der Waals surface area contributed by atoms with Crippen molar-refractivity contribution in [1.82, 2.24) is 0 Å². The molecule has 1 rings (SSSR count). The molecule has 1 saturated carbocycles. The van der Waals surface area contributed by atoms with Crippen LogP contribution >= 0.6 is 0 Å². The lowest BCUT2D eigenvalue weighted by molar-refractivity contribution is -0.149. The number of carbonyl (C=O) groups is 2. The van der Waals surface area contributed by atoms with Gasteiger partial charge in [0.1, 0.15) is 0 Å². The van der Waals surface area contributed by atoms with Gasteiger partial charge in [-0.15, -0.1) is 0 Å². The third-order valence-electron chi connectivity index (χ3n) is 3.38. The van der Waals surface area contributed by atoms with Gasteiger partial charge in [0.2, 0.25) is 0 Å². The zero-order valence-electron chi connectivity index (χ0n) is 10.6. The SMILES string of the molecule is COC(=O)C1C(COC(=O)C(C)C)C1(C)C. The zero-order chi connectivity index (χ0) is 12.5. The molecule has 0 heterocycles. The molecule has 0 bridgehead atoms. The third-order valence-corrected chi connectivity index (χ3v) is 3.38. The summed E-state index contributed by atoms with van der Waals surface area (Å²) in [6, 6.07) is 0. The molecule has 92 valence electrons. The molecule has 4 nitrogen and oxygen atoms in total. The molecule has 1 aliphatic rings. The number of methoxy groups -OCH3 is 1. The fourth-order valence-corrected chi connectivity index (χ4v) is 1.99. The van der Waals surface area contributed by atoms with E-state index < -0.39 is 0 Å². The minimum Gasteiger partial charge on any atom is -0.469 e. The molecule has 1 aliphatic carbocycles. The Morgan fingerprint density at radius 2 is 1.88 bits per heavy atom. The van der Waals surface area contributed by atoms with Crippen LogP contribution in [0.15, 0.2) is 0 Å².